The summed E-state index contributed by atoms with van der Waals surface area (Å²) in [5.41, 5.74) is -1.13. The SMILES string of the molecule is CC(=O)N[C@H]1[C@H](OCCCNC(=O)CCCNC(=O)OCC(COC(=O)NCCCC(=O)NCCCO[C@@H]2O[C@H](CO)[C@H](O)[C@H](O)[C@H]2NC(C)O)OP(=O)(O)OC(C)(C)C)O[C@H](CO)[C@H](O)[C@@H]1O. The molecule has 29 heteroatoms. The Morgan fingerprint density at radius 2 is 1.10 bits per heavy atom. The van der Waals surface area contributed by atoms with Crippen molar-refractivity contribution in [3.8, 4) is 0 Å². The zero-order chi connectivity index (χ0) is 51.0. The number of carbonyl (C=O) groups excluding carboxylic acids is 5. The third kappa shape index (κ3) is 23.9. The van der Waals surface area contributed by atoms with E-state index in [2.05, 4.69) is 31.9 Å². The first-order valence-corrected chi connectivity index (χ1v) is 23.7. The van der Waals surface area contributed by atoms with Gasteiger partial charge in [-0.2, -0.15) is 0 Å². The van der Waals surface area contributed by atoms with E-state index in [1.54, 1.807) is 0 Å². The van der Waals surface area contributed by atoms with E-state index in [0.29, 0.717) is 12.8 Å². The molecule has 0 aromatic carbocycles. The minimum Gasteiger partial charge on any atom is -0.447 e. The van der Waals surface area contributed by atoms with Gasteiger partial charge >= 0.3 is 20.0 Å². The van der Waals surface area contributed by atoms with Gasteiger partial charge in [0.15, 0.2) is 12.6 Å². The van der Waals surface area contributed by atoms with Crippen LogP contribution in [0, 0.1) is 0 Å². The molecule has 5 amide bonds. The lowest BCUT2D eigenvalue weighted by molar-refractivity contribution is -0.274. The Bertz CT molecular complexity index is 1580. The van der Waals surface area contributed by atoms with E-state index in [0.717, 1.165) is 0 Å². The van der Waals surface area contributed by atoms with Crippen molar-refractivity contribution >= 4 is 37.7 Å². The quantitative estimate of drug-likeness (QED) is 0.0185. The monoisotopic (exact) mass is 1010 g/mol. The van der Waals surface area contributed by atoms with Gasteiger partial charge in [-0.25, -0.2) is 14.2 Å². The molecule has 2 fully saturated rings. The van der Waals surface area contributed by atoms with Gasteiger partial charge in [-0.1, -0.05) is 0 Å². The molecule has 2 rings (SSSR count). The van der Waals surface area contributed by atoms with E-state index >= 15 is 0 Å². The predicted molar refractivity (Wildman–Crippen MR) is 232 cm³/mol. The van der Waals surface area contributed by atoms with E-state index in [-0.39, 0.29) is 76.9 Å². The Morgan fingerprint density at radius 3 is 1.51 bits per heavy atom. The average Bonchev–Trinajstić information content (AvgIpc) is 3.25. The largest absolute Gasteiger partial charge is 0.473 e. The number of hydrogen-bond donors (Lipinski definition) is 14. The minimum atomic E-state index is -4.76. The molecule has 68 heavy (non-hydrogen) atoms. The molecular weight excluding hydrogens is 935 g/mol. The van der Waals surface area contributed by atoms with Crippen LogP contribution in [0.4, 0.5) is 9.59 Å². The van der Waals surface area contributed by atoms with Crippen molar-refractivity contribution in [3.05, 3.63) is 0 Å². The van der Waals surface area contributed by atoms with Crippen molar-refractivity contribution in [1.82, 2.24) is 31.9 Å². The normalized spacial score (nSPS) is 26.9. The maximum atomic E-state index is 12.7. The van der Waals surface area contributed by atoms with Crippen molar-refractivity contribution in [3.63, 3.8) is 0 Å². The highest BCUT2D eigenvalue weighted by atomic mass is 31.2. The standard InChI is InChI=1S/C39H73N6O22P/c1-22(48)44-29-33(54)31(52)25(18-46)64-35(29)60-16-8-14-40-27(50)10-6-12-42-37(56)62-20-24(66-68(58,59)67-39(3,4)5)21-63-38(57)43-13-7-11-28(51)41-15-9-17-61-36-30(45-23(2)49)34(55)32(53)26(19-47)65-36/h22,24-26,29-36,44,46-48,52-55H,6-21H2,1-5H3,(H,40,50)(H,41,51)(H,42,56)(H,43,57)(H,45,49)(H,58,59)/t22?,24?,25-,26-,29-,30-,31+,32+,33-,34-,35-,36-/m1/s1. The second kappa shape index (κ2) is 31.0. The van der Waals surface area contributed by atoms with Gasteiger partial charge in [0.2, 0.25) is 17.7 Å². The lowest BCUT2D eigenvalue weighted by Crippen LogP contribution is -2.65. The number of hydrogen-bond acceptors (Lipinski definition) is 22. The highest BCUT2D eigenvalue weighted by Gasteiger charge is 2.46. The molecule has 0 saturated carbocycles. The van der Waals surface area contributed by atoms with E-state index in [9.17, 15) is 69.2 Å². The summed E-state index contributed by atoms with van der Waals surface area (Å²) in [5, 5.41) is 84.8. The van der Waals surface area contributed by atoms with E-state index in [4.69, 9.17) is 37.5 Å². The summed E-state index contributed by atoms with van der Waals surface area (Å²) in [7, 11) is -4.76. The predicted octanol–water partition coefficient (Wildman–Crippen LogP) is -3.98. The average molecular weight is 1010 g/mol. The molecule has 14 N–H and O–H groups in total. The molecule has 3 unspecified atom stereocenters. The molecule has 2 saturated heterocycles. The summed E-state index contributed by atoms with van der Waals surface area (Å²) < 4.78 is 55.3. The van der Waals surface area contributed by atoms with Gasteiger partial charge in [0, 0.05) is 45.9 Å². The topological polar surface area (TPSA) is 410 Å². The fourth-order valence-electron chi connectivity index (χ4n) is 6.45. The number of aliphatic hydroxyl groups excluding tert-OH is 7. The molecular formula is C39H73N6O22P. The molecule has 28 nitrogen and oxygen atoms in total. The van der Waals surface area contributed by atoms with Crippen LogP contribution in [0.2, 0.25) is 0 Å². The fraction of sp³-hybridized carbons (Fsp3) is 0.872. The van der Waals surface area contributed by atoms with Gasteiger partial charge in [-0.05, 0) is 53.4 Å². The highest BCUT2D eigenvalue weighted by molar-refractivity contribution is 7.47. The molecule has 0 aromatic rings. The van der Waals surface area contributed by atoms with Crippen LogP contribution in [0.3, 0.4) is 0 Å². The first-order valence-electron chi connectivity index (χ1n) is 22.2. The molecule has 0 radical (unpaired) electrons. The Balaban J connectivity index is 1.68. The fourth-order valence-corrected chi connectivity index (χ4v) is 7.69. The third-order valence-electron chi connectivity index (χ3n) is 9.59. The second-order valence-electron chi connectivity index (χ2n) is 16.8. The first-order chi connectivity index (χ1) is 32.0. The van der Waals surface area contributed by atoms with Gasteiger partial charge < -0.3 is 95.6 Å². The van der Waals surface area contributed by atoms with Crippen LogP contribution in [0.15, 0.2) is 0 Å². The summed E-state index contributed by atoms with van der Waals surface area (Å²) in [6.07, 6.45) is -13.8. The molecule has 0 aromatic heterocycles. The lowest BCUT2D eigenvalue weighted by Gasteiger charge is -2.42. The minimum absolute atomic E-state index is 0.00244. The van der Waals surface area contributed by atoms with Crippen LogP contribution in [-0.4, -0.2) is 216 Å². The first kappa shape index (κ1) is 60.7. The molecule has 2 aliphatic rings. The molecule has 2 heterocycles. The van der Waals surface area contributed by atoms with E-state index in [1.165, 1.54) is 34.6 Å². The number of nitrogens with one attached hydrogen (secondary N) is 6. The lowest BCUT2D eigenvalue weighted by atomic mass is 9.97. The summed E-state index contributed by atoms with van der Waals surface area (Å²) in [6, 6.07) is -2.11. The molecule has 0 spiro atoms. The van der Waals surface area contributed by atoms with E-state index < -0.39 is 132 Å². The number of rotatable bonds is 30. The van der Waals surface area contributed by atoms with Crippen molar-refractivity contribution < 1.29 is 107 Å². The number of aliphatic hydroxyl groups is 7. The Kier molecular flexibility index (Phi) is 27.7. The summed E-state index contributed by atoms with van der Waals surface area (Å²) >= 11 is 0. The third-order valence-corrected chi connectivity index (χ3v) is 10.9. The van der Waals surface area contributed by atoms with Crippen molar-refractivity contribution in [2.24, 2.45) is 0 Å². The van der Waals surface area contributed by atoms with Gasteiger partial charge in [0.25, 0.3) is 0 Å². The number of carbonyl (C=O) groups is 5. The molecule has 396 valence electrons. The number of phosphoric acid groups is 1. The smallest absolute Gasteiger partial charge is 0.447 e. The van der Waals surface area contributed by atoms with Crippen molar-refractivity contribution in [1.29, 1.82) is 0 Å². The van der Waals surface area contributed by atoms with Crippen LogP contribution in [0.5, 0.6) is 0 Å². The Morgan fingerprint density at radius 1 is 0.676 bits per heavy atom. The molecule has 13 atom stereocenters. The summed E-state index contributed by atoms with van der Waals surface area (Å²) in [5.74, 6) is -1.21. The van der Waals surface area contributed by atoms with Crippen LogP contribution in [0.1, 0.15) is 73.1 Å². The maximum absolute atomic E-state index is 12.7. The number of ether oxygens (including phenoxy) is 6. The van der Waals surface area contributed by atoms with Gasteiger partial charge in [0.1, 0.15) is 68.2 Å². The molecule has 0 bridgehead atoms. The zero-order valence-corrected chi connectivity index (χ0v) is 39.9. The number of phosphoric ester groups is 1. The maximum Gasteiger partial charge on any atom is 0.473 e. The van der Waals surface area contributed by atoms with Crippen LogP contribution < -0.4 is 31.9 Å². The van der Waals surface area contributed by atoms with Gasteiger partial charge in [-0.3, -0.25) is 28.7 Å². The molecule has 2 aliphatic heterocycles. The summed E-state index contributed by atoms with van der Waals surface area (Å²) in [6.45, 7) is 5.01. The highest BCUT2D eigenvalue weighted by Crippen LogP contribution is 2.48. The summed E-state index contributed by atoms with van der Waals surface area (Å²) in [4.78, 5) is 71.3. The molecule has 0 aliphatic carbocycles. The van der Waals surface area contributed by atoms with Gasteiger partial charge in [-0.15, -0.1) is 0 Å². The van der Waals surface area contributed by atoms with Crippen LogP contribution in [-0.2, 0) is 56.4 Å². The van der Waals surface area contributed by atoms with Crippen LogP contribution in [0.25, 0.3) is 0 Å². The van der Waals surface area contributed by atoms with E-state index in [1.807, 2.05) is 0 Å². The Labute approximate surface area is 394 Å². The number of alkyl carbamates (subject to hydrolysis) is 2. The van der Waals surface area contributed by atoms with Crippen LogP contribution >= 0.6 is 7.82 Å². The second-order valence-corrected chi connectivity index (χ2v) is 18.1. The van der Waals surface area contributed by atoms with Crippen molar-refractivity contribution in [2.75, 3.05) is 65.8 Å². The van der Waals surface area contributed by atoms with Gasteiger partial charge in [0.05, 0.1) is 38.1 Å². The van der Waals surface area contributed by atoms with Crippen molar-refractivity contribution in [2.45, 2.75) is 152 Å². The Hall–Kier alpha value is -3.42. The zero-order valence-electron chi connectivity index (χ0n) is 39.0. The number of amides is 5.